The summed E-state index contributed by atoms with van der Waals surface area (Å²) in [6.07, 6.45) is 8.06. The predicted octanol–water partition coefficient (Wildman–Crippen LogP) is 9.01. The van der Waals surface area contributed by atoms with Crippen LogP contribution in [0.4, 0.5) is 5.13 Å². The van der Waals surface area contributed by atoms with Crippen LogP contribution < -0.4 is 4.90 Å². The molecule has 0 spiro atoms. The van der Waals surface area contributed by atoms with Crippen LogP contribution in [0.3, 0.4) is 0 Å². The third-order valence-corrected chi connectivity index (χ3v) is 10.2. The summed E-state index contributed by atoms with van der Waals surface area (Å²) in [6.45, 7) is 1.92. The van der Waals surface area contributed by atoms with Gasteiger partial charge in [-0.05, 0) is 47.9 Å². The topological polar surface area (TPSA) is 66.1 Å². The molecule has 1 amide bonds. The lowest BCUT2D eigenvalue weighted by molar-refractivity contribution is 0.0993. The minimum Gasteiger partial charge on any atom is -0.362 e. The second-order valence-electron chi connectivity index (χ2n) is 12.4. The van der Waals surface area contributed by atoms with E-state index in [4.69, 9.17) is 4.98 Å². The molecular formula is C43H38N6OS. The molecule has 7 nitrogen and oxygen atoms in total. The van der Waals surface area contributed by atoms with Gasteiger partial charge in [0.1, 0.15) is 11.2 Å². The third kappa shape index (κ3) is 6.37. The van der Waals surface area contributed by atoms with Gasteiger partial charge in [0.2, 0.25) is 0 Å². The Kier molecular flexibility index (Phi) is 9.42. The number of anilines is 1. The number of carbonyl (C=O) groups is 1. The molecule has 7 aromatic rings. The van der Waals surface area contributed by atoms with Crippen LogP contribution in [0.25, 0.3) is 22.5 Å². The number of benzene rings is 4. The van der Waals surface area contributed by atoms with Gasteiger partial charge in [-0.25, -0.2) is 9.97 Å². The highest BCUT2D eigenvalue weighted by Crippen LogP contribution is 2.42. The Balaban J connectivity index is 1.29. The van der Waals surface area contributed by atoms with Gasteiger partial charge in [0.25, 0.3) is 5.91 Å². The Hall–Kier alpha value is -6.12. The fourth-order valence-corrected chi connectivity index (χ4v) is 7.47. The number of aliphatic imine (C=N–C) groups is 1. The molecule has 0 aliphatic heterocycles. The average Bonchev–Trinajstić information content (AvgIpc) is 3.82. The number of aryl methyl sites for hydroxylation is 1. The molecule has 4 aromatic carbocycles. The normalized spacial score (nSPS) is 12.0. The van der Waals surface area contributed by atoms with Gasteiger partial charge in [0, 0.05) is 67.4 Å². The van der Waals surface area contributed by atoms with Crippen molar-refractivity contribution in [2.24, 2.45) is 4.99 Å². The number of rotatable bonds is 10. The smallest absolute Gasteiger partial charge is 0.259 e. The number of allylic oxidation sites excluding steroid dienone is 1. The van der Waals surface area contributed by atoms with E-state index in [1.165, 1.54) is 11.3 Å². The fraction of sp³-hybridized carbons (Fsp3) is 0.116. The van der Waals surface area contributed by atoms with Crippen molar-refractivity contribution in [2.75, 3.05) is 26.0 Å². The number of fused-ring (bicyclic) bond motifs is 1. The van der Waals surface area contributed by atoms with E-state index in [9.17, 15) is 4.79 Å². The molecule has 0 aliphatic carbocycles. The number of imidazole rings is 1. The van der Waals surface area contributed by atoms with E-state index in [0.29, 0.717) is 10.7 Å². The second kappa shape index (κ2) is 14.4. The molecule has 0 atom stereocenters. The van der Waals surface area contributed by atoms with Crippen LogP contribution in [0.1, 0.15) is 38.3 Å². The number of amides is 1. The molecule has 0 saturated heterocycles. The van der Waals surface area contributed by atoms with Gasteiger partial charge in [-0.15, -0.1) is 11.3 Å². The summed E-state index contributed by atoms with van der Waals surface area (Å²) < 4.78 is 2.09. The number of aromatic nitrogens is 3. The molecule has 0 N–H and O–H groups in total. The molecule has 7 rings (SSSR count). The predicted molar refractivity (Wildman–Crippen MR) is 210 cm³/mol. The van der Waals surface area contributed by atoms with Crippen LogP contribution in [-0.2, 0) is 5.54 Å². The Labute approximate surface area is 302 Å². The molecule has 3 aromatic heterocycles. The Morgan fingerprint density at radius 3 is 1.88 bits per heavy atom. The standard InChI is InChI=1S/C43H38N6OS/c1-31-30-51-42(46-31)48(4)41(50)33-22-20-32(21-23-33)39-27-45-40-25-24-34(29-49(39)40)35(26-44-2)28-47(3)43(36-14-8-5-9-15-36,37-16-10-6-11-17-37)38-18-12-7-13-19-38/h5-30H,1-4H3/b35-28+,44-26-. The minimum absolute atomic E-state index is 0.105. The lowest BCUT2D eigenvalue weighted by Crippen LogP contribution is -2.43. The molecule has 3 heterocycles. The van der Waals surface area contributed by atoms with E-state index in [0.717, 1.165) is 50.4 Å². The summed E-state index contributed by atoms with van der Waals surface area (Å²) in [4.78, 5) is 30.8. The zero-order valence-electron chi connectivity index (χ0n) is 29.0. The van der Waals surface area contributed by atoms with E-state index < -0.39 is 5.54 Å². The van der Waals surface area contributed by atoms with Gasteiger partial charge in [0.15, 0.2) is 5.13 Å². The molecule has 0 fully saturated rings. The Morgan fingerprint density at radius 2 is 1.35 bits per heavy atom. The highest BCUT2D eigenvalue weighted by atomic mass is 32.1. The molecule has 0 aliphatic rings. The van der Waals surface area contributed by atoms with Gasteiger partial charge in [-0.3, -0.25) is 19.1 Å². The van der Waals surface area contributed by atoms with Gasteiger partial charge in [0.05, 0.1) is 17.6 Å². The van der Waals surface area contributed by atoms with Crippen molar-refractivity contribution in [1.82, 2.24) is 19.3 Å². The van der Waals surface area contributed by atoms with Gasteiger partial charge in [-0.1, -0.05) is 103 Å². The third-order valence-electron chi connectivity index (χ3n) is 9.17. The molecule has 0 radical (unpaired) electrons. The maximum Gasteiger partial charge on any atom is 0.259 e. The number of hydrogen-bond acceptors (Lipinski definition) is 6. The van der Waals surface area contributed by atoms with E-state index >= 15 is 0 Å². The summed E-state index contributed by atoms with van der Waals surface area (Å²) in [5.41, 5.74) is 8.92. The first-order chi connectivity index (χ1) is 24.9. The number of pyridine rings is 1. The maximum atomic E-state index is 13.2. The van der Waals surface area contributed by atoms with Crippen molar-refractivity contribution in [2.45, 2.75) is 12.5 Å². The first-order valence-electron chi connectivity index (χ1n) is 16.7. The second-order valence-corrected chi connectivity index (χ2v) is 13.2. The van der Waals surface area contributed by atoms with Crippen molar-refractivity contribution in [1.29, 1.82) is 0 Å². The molecule has 0 unspecified atom stereocenters. The average molecular weight is 687 g/mol. The molecule has 0 saturated carbocycles. The molecular weight excluding hydrogens is 649 g/mol. The minimum atomic E-state index is -0.632. The summed E-state index contributed by atoms with van der Waals surface area (Å²) in [6, 6.07) is 43.7. The molecule has 252 valence electrons. The highest BCUT2D eigenvalue weighted by Gasteiger charge is 2.39. The van der Waals surface area contributed by atoms with Crippen LogP contribution in [0.15, 0.2) is 156 Å². The van der Waals surface area contributed by atoms with Gasteiger partial charge >= 0.3 is 0 Å². The summed E-state index contributed by atoms with van der Waals surface area (Å²) in [7, 11) is 5.68. The van der Waals surface area contributed by atoms with E-state index in [1.54, 1.807) is 19.0 Å². The van der Waals surface area contributed by atoms with Gasteiger partial charge in [-0.2, -0.15) is 0 Å². The lowest BCUT2D eigenvalue weighted by Gasteiger charge is -2.43. The van der Waals surface area contributed by atoms with Crippen molar-refractivity contribution in [3.8, 4) is 11.3 Å². The van der Waals surface area contributed by atoms with Crippen LogP contribution in [0.5, 0.6) is 0 Å². The quantitative estimate of drug-likeness (QED) is 0.106. The van der Waals surface area contributed by atoms with Crippen LogP contribution in [0.2, 0.25) is 0 Å². The lowest BCUT2D eigenvalue weighted by atomic mass is 9.76. The van der Waals surface area contributed by atoms with Crippen molar-refractivity contribution in [3.05, 3.63) is 185 Å². The molecule has 51 heavy (non-hydrogen) atoms. The van der Waals surface area contributed by atoms with Crippen LogP contribution in [-0.4, -0.2) is 52.5 Å². The van der Waals surface area contributed by atoms with E-state index in [2.05, 4.69) is 136 Å². The molecule has 8 heteroatoms. The van der Waals surface area contributed by atoms with Crippen LogP contribution >= 0.6 is 11.3 Å². The largest absolute Gasteiger partial charge is 0.362 e. The SMILES string of the molecule is C/N=C\C(=C/N(C)C(c1ccccc1)(c1ccccc1)c1ccccc1)c1ccc2ncc(-c3ccc(C(=O)N(C)c4nc(C)cs4)cc3)n2c1. The Morgan fingerprint density at radius 1 is 0.784 bits per heavy atom. The molecule has 0 bridgehead atoms. The van der Waals surface area contributed by atoms with Crippen molar-refractivity contribution in [3.63, 3.8) is 0 Å². The fourth-order valence-electron chi connectivity index (χ4n) is 6.70. The monoisotopic (exact) mass is 686 g/mol. The zero-order chi connectivity index (χ0) is 35.4. The number of nitrogens with zero attached hydrogens (tertiary/aromatic N) is 6. The van der Waals surface area contributed by atoms with E-state index in [-0.39, 0.29) is 5.91 Å². The number of carbonyl (C=O) groups excluding carboxylic acids is 1. The summed E-state index contributed by atoms with van der Waals surface area (Å²) in [5.74, 6) is -0.105. The van der Waals surface area contributed by atoms with Crippen molar-refractivity contribution < 1.29 is 4.79 Å². The van der Waals surface area contributed by atoms with Crippen molar-refractivity contribution >= 4 is 39.8 Å². The number of hydrogen-bond donors (Lipinski definition) is 0. The summed E-state index contributed by atoms with van der Waals surface area (Å²) >= 11 is 1.46. The van der Waals surface area contributed by atoms with Gasteiger partial charge < -0.3 is 4.90 Å². The summed E-state index contributed by atoms with van der Waals surface area (Å²) in [5, 5.41) is 2.62. The highest BCUT2D eigenvalue weighted by molar-refractivity contribution is 7.14. The number of thiazole rings is 1. The Bertz CT molecular complexity index is 2230. The first kappa shape index (κ1) is 33.4. The zero-order valence-corrected chi connectivity index (χ0v) is 29.8. The van der Waals surface area contributed by atoms with E-state index in [1.807, 2.05) is 55.0 Å². The maximum absolute atomic E-state index is 13.2. The van der Waals surface area contributed by atoms with Crippen LogP contribution in [0, 0.1) is 6.92 Å². The first-order valence-corrected chi connectivity index (χ1v) is 17.6.